The van der Waals surface area contributed by atoms with E-state index in [0.29, 0.717) is 0 Å². The summed E-state index contributed by atoms with van der Waals surface area (Å²) in [6.07, 6.45) is 11.3. The Balaban J connectivity index is 2.26. The molecule has 2 aliphatic carbocycles. The largest absolute Gasteiger partial charge is 0.454 e. The zero-order valence-corrected chi connectivity index (χ0v) is 25.8. The van der Waals surface area contributed by atoms with Gasteiger partial charge in [-0.1, -0.05) is 76.0 Å². The topological polar surface area (TPSA) is 9.23 Å². The Morgan fingerprint density at radius 1 is 0.727 bits per heavy atom. The highest BCUT2D eigenvalue weighted by Gasteiger charge is 2.53. The van der Waals surface area contributed by atoms with Gasteiger partial charge in [-0.05, 0) is 99.5 Å². The van der Waals surface area contributed by atoms with Crippen LogP contribution in [0.3, 0.4) is 0 Å². The lowest BCUT2D eigenvalue weighted by Gasteiger charge is -2.52. The van der Waals surface area contributed by atoms with Gasteiger partial charge >= 0.3 is 0 Å². The van der Waals surface area contributed by atoms with Gasteiger partial charge in [0.25, 0.3) is 0 Å². The molecule has 4 unspecified atom stereocenters. The van der Waals surface area contributed by atoms with Gasteiger partial charge < -0.3 is 4.12 Å². The lowest BCUT2D eigenvalue weighted by atomic mass is 10.1. The minimum Gasteiger partial charge on any atom is -0.454 e. The third-order valence-electron chi connectivity index (χ3n) is 9.23. The van der Waals surface area contributed by atoms with Crippen molar-refractivity contribution in [2.24, 2.45) is 11.8 Å². The molecule has 0 aromatic carbocycles. The summed E-state index contributed by atoms with van der Waals surface area (Å²) in [5.74, 6) is 1.51. The molecule has 3 heteroatoms. The molecular formula is C30H54OSi2. The van der Waals surface area contributed by atoms with E-state index in [2.05, 4.69) is 93.8 Å². The maximum atomic E-state index is 7.74. The summed E-state index contributed by atoms with van der Waals surface area (Å²) in [5, 5.41) is 0.471. The fourth-order valence-corrected chi connectivity index (χ4v) is 17.2. The number of rotatable bonds is 10. The first-order valence-electron chi connectivity index (χ1n) is 13.3. The summed E-state index contributed by atoms with van der Waals surface area (Å²) in [6, 6.07) is 2.58. The van der Waals surface area contributed by atoms with Gasteiger partial charge in [0.2, 0.25) is 0 Å². The number of allylic oxidation sites excluding steroid dienone is 6. The van der Waals surface area contributed by atoms with E-state index in [1.54, 1.807) is 22.3 Å². The molecule has 2 aliphatic rings. The van der Waals surface area contributed by atoms with Gasteiger partial charge in [-0.25, -0.2) is 0 Å². The standard InChI is InChI=1S/C30H54OSi2/c1-13-15-27-19-25(17-23(27)3)21-32(11,29(5,6)7)31-33(12,30(8,9)10)22-26-18-24(4)28(20-26)16-14-2/h13-14,25-26H,1-2,15-22H2,3-12H3. The van der Waals surface area contributed by atoms with E-state index in [0.717, 1.165) is 24.7 Å². The Labute approximate surface area is 209 Å². The van der Waals surface area contributed by atoms with Gasteiger partial charge in [-0.15, -0.1) is 13.2 Å². The van der Waals surface area contributed by atoms with Crippen LogP contribution in [-0.4, -0.2) is 16.6 Å². The highest BCUT2D eigenvalue weighted by atomic mass is 28.4. The second-order valence-corrected chi connectivity index (χ2v) is 23.3. The van der Waals surface area contributed by atoms with Crippen LogP contribution in [0.4, 0.5) is 0 Å². The molecule has 0 saturated heterocycles. The molecular weight excluding hydrogens is 433 g/mol. The van der Waals surface area contributed by atoms with Crippen LogP contribution < -0.4 is 0 Å². The summed E-state index contributed by atoms with van der Waals surface area (Å²) in [7, 11) is -3.97. The average molecular weight is 487 g/mol. The first kappa shape index (κ1) is 28.6. The Hall–Kier alpha value is -0.646. The first-order valence-corrected chi connectivity index (χ1v) is 18.5. The van der Waals surface area contributed by atoms with Crippen molar-refractivity contribution in [1.82, 2.24) is 0 Å². The molecule has 0 aromatic heterocycles. The van der Waals surface area contributed by atoms with Crippen molar-refractivity contribution in [3.63, 3.8) is 0 Å². The van der Waals surface area contributed by atoms with E-state index in [1.165, 1.54) is 37.8 Å². The summed E-state index contributed by atoms with van der Waals surface area (Å²) in [5.41, 5.74) is 6.50. The first-order chi connectivity index (χ1) is 15.0. The van der Waals surface area contributed by atoms with E-state index < -0.39 is 16.6 Å². The molecule has 0 aromatic rings. The van der Waals surface area contributed by atoms with Crippen molar-refractivity contribution < 1.29 is 4.12 Å². The lowest BCUT2D eigenvalue weighted by Crippen LogP contribution is -2.58. The fourth-order valence-electron chi connectivity index (χ4n) is 6.10. The molecule has 4 atom stereocenters. The minimum atomic E-state index is -1.99. The van der Waals surface area contributed by atoms with Crippen LogP contribution in [0.1, 0.15) is 93.9 Å². The molecule has 188 valence electrons. The molecule has 1 nitrogen and oxygen atoms in total. The maximum absolute atomic E-state index is 7.74. The van der Waals surface area contributed by atoms with E-state index >= 15 is 0 Å². The second-order valence-electron chi connectivity index (χ2n) is 13.8. The zero-order valence-electron chi connectivity index (χ0n) is 23.8. The van der Waals surface area contributed by atoms with E-state index in [-0.39, 0.29) is 10.1 Å². The normalized spacial score (nSPS) is 25.9. The molecule has 0 radical (unpaired) electrons. The Kier molecular flexibility index (Phi) is 9.13. The summed E-state index contributed by atoms with van der Waals surface area (Å²) >= 11 is 0. The van der Waals surface area contributed by atoms with Crippen LogP contribution in [0.5, 0.6) is 0 Å². The molecule has 0 bridgehead atoms. The molecule has 0 spiro atoms. The molecule has 0 fully saturated rings. The summed E-state index contributed by atoms with van der Waals surface area (Å²) < 4.78 is 7.74. The summed E-state index contributed by atoms with van der Waals surface area (Å²) in [4.78, 5) is 0. The van der Waals surface area contributed by atoms with Gasteiger partial charge in [0.15, 0.2) is 16.6 Å². The maximum Gasteiger partial charge on any atom is 0.182 e. The predicted molar refractivity (Wildman–Crippen MR) is 154 cm³/mol. The molecule has 0 saturated carbocycles. The molecule has 0 aliphatic heterocycles. The Bertz CT molecular complexity index is 725. The van der Waals surface area contributed by atoms with Crippen molar-refractivity contribution in [2.75, 3.05) is 0 Å². The number of hydrogen-bond donors (Lipinski definition) is 0. The summed E-state index contributed by atoms with van der Waals surface area (Å²) in [6.45, 7) is 32.6. The molecule has 0 amide bonds. The van der Waals surface area contributed by atoms with Crippen molar-refractivity contribution >= 4 is 16.6 Å². The second kappa shape index (κ2) is 10.5. The Morgan fingerprint density at radius 3 is 1.33 bits per heavy atom. The van der Waals surface area contributed by atoms with Crippen LogP contribution >= 0.6 is 0 Å². The van der Waals surface area contributed by atoms with E-state index in [4.69, 9.17) is 4.12 Å². The minimum absolute atomic E-state index is 0.236. The van der Waals surface area contributed by atoms with Gasteiger partial charge in [-0.3, -0.25) is 0 Å². The van der Waals surface area contributed by atoms with Crippen LogP contribution in [0, 0.1) is 11.8 Å². The number of hydrogen-bond acceptors (Lipinski definition) is 1. The van der Waals surface area contributed by atoms with Crippen LogP contribution in [0.25, 0.3) is 0 Å². The van der Waals surface area contributed by atoms with Crippen LogP contribution in [-0.2, 0) is 4.12 Å². The highest BCUT2D eigenvalue weighted by Crippen LogP contribution is 2.53. The molecule has 0 N–H and O–H groups in total. The molecule has 33 heavy (non-hydrogen) atoms. The third-order valence-corrected chi connectivity index (χ3v) is 21.9. The zero-order chi connectivity index (χ0) is 25.2. The molecule has 2 rings (SSSR count). The van der Waals surface area contributed by atoms with E-state index in [1.807, 2.05) is 0 Å². The third kappa shape index (κ3) is 6.73. The smallest absolute Gasteiger partial charge is 0.182 e. The van der Waals surface area contributed by atoms with Crippen LogP contribution in [0.15, 0.2) is 47.6 Å². The average Bonchev–Trinajstić information content (AvgIpc) is 3.15. The molecule has 0 heterocycles. The van der Waals surface area contributed by atoms with Crippen molar-refractivity contribution in [1.29, 1.82) is 0 Å². The SMILES string of the molecule is C=CCC1=C(C)CC(C[Si](C)(O[Si](C)(CC2CC(C)=C(CC=C)C2)C(C)(C)C)C(C)(C)C)C1. The quantitative estimate of drug-likeness (QED) is 0.220. The van der Waals surface area contributed by atoms with Gasteiger partial charge in [0.05, 0.1) is 0 Å². The highest BCUT2D eigenvalue weighted by molar-refractivity contribution is 6.88. The van der Waals surface area contributed by atoms with Crippen LogP contribution in [0.2, 0.25) is 35.3 Å². The van der Waals surface area contributed by atoms with Gasteiger partial charge in [0, 0.05) is 0 Å². The van der Waals surface area contributed by atoms with Gasteiger partial charge in [-0.2, -0.15) is 0 Å². The lowest BCUT2D eigenvalue weighted by molar-refractivity contribution is 0.403. The fraction of sp³-hybridized carbons (Fsp3) is 0.733. The van der Waals surface area contributed by atoms with Crippen molar-refractivity contribution in [3.05, 3.63) is 47.6 Å². The van der Waals surface area contributed by atoms with E-state index in [9.17, 15) is 0 Å². The van der Waals surface area contributed by atoms with Crippen molar-refractivity contribution in [3.8, 4) is 0 Å². The monoisotopic (exact) mass is 486 g/mol. The Morgan fingerprint density at radius 2 is 1.06 bits per heavy atom. The van der Waals surface area contributed by atoms with Gasteiger partial charge in [0.1, 0.15) is 0 Å². The van der Waals surface area contributed by atoms with Crippen molar-refractivity contribution in [2.45, 2.75) is 129 Å². The predicted octanol–water partition coefficient (Wildman–Crippen LogP) is 10.4.